The van der Waals surface area contributed by atoms with Crippen molar-refractivity contribution in [3.8, 4) is 5.75 Å². The Hall–Kier alpha value is -4.12. The molecule has 2 aromatic rings. The van der Waals surface area contributed by atoms with Gasteiger partial charge in [0.25, 0.3) is 0 Å². The average Bonchev–Trinajstić information content (AvgIpc) is 2.89. The normalized spacial score (nSPS) is 12.5. The number of esters is 1. The van der Waals surface area contributed by atoms with Gasteiger partial charge in [0.05, 0.1) is 19.6 Å². The van der Waals surface area contributed by atoms with E-state index >= 15 is 0 Å². The second-order valence-corrected chi connectivity index (χ2v) is 10.9. The number of hydrogen-bond donors (Lipinski definition) is 4. The van der Waals surface area contributed by atoms with Crippen LogP contribution in [-0.2, 0) is 30.3 Å². The number of nitrogens with one attached hydrogen (secondary N) is 2. The Morgan fingerprint density at radius 2 is 1.69 bits per heavy atom. The van der Waals surface area contributed by atoms with Crippen molar-refractivity contribution in [1.82, 2.24) is 15.5 Å². The maximum absolute atomic E-state index is 14.2. The fourth-order valence-corrected chi connectivity index (χ4v) is 4.39. The summed E-state index contributed by atoms with van der Waals surface area (Å²) in [6.45, 7) is 10.00. The van der Waals surface area contributed by atoms with Crippen molar-refractivity contribution >= 4 is 23.9 Å². The summed E-state index contributed by atoms with van der Waals surface area (Å²) in [5.74, 6) is -1.63. The van der Waals surface area contributed by atoms with E-state index in [-0.39, 0.29) is 38.3 Å². The summed E-state index contributed by atoms with van der Waals surface area (Å²) in [6, 6.07) is 9.23. The van der Waals surface area contributed by atoms with Crippen LogP contribution >= 0.6 is 0 Å². The first-order chi connectivity index (χ1) is 19.7. The number of ether oxygens (including phenoxy) is 2. The third-order valence-corrected chi connectivity index (χ3v) is 6.20. The van der Waals surface area contributed by atoms with Gasteiger partial charge in [-0.05, 0) is 70.4 Å². The first-order valence-corrected chi connectivity index (χ1v) is 13.9. The lowest BCUT2D eigenvalue weighted by Gasteiger charge is -2.35. The predicted octanol–water partition coefficient (Wildman–Crippen LogP) is 3.08. The Balaban J connectivity index is 2.51. The monoisotopic (exact) mass is 585 g/mol. The van der Waals surface area contributed by atoms with Gasteiger partial charge in [0.15, 0.2) is 0 Å². The Kier molecular flexibility index (Phi) is 12.8. The Morgan fingerprint density at radius 1 is 1.02 bits per heavy atom. The summed E-state index contributed by atoms with van der Waals surface area (Å²) >= 11 is 0. The molecule has 0 heterocycles. The van der Waals surface area contributed by atoms with Gasteiger partial charge >= 0.3 is 12.1 Å². The lowest BCUT2D eigenvalue weighted by Crippen LogP contribution is -2.54. The highest BCUT2D eigenvalue weighted by atomic mass is 16.6. The van der Waals surface area contributed by atoms with E-state index in [1.54, 1.807) is 45.9 Å². The number of aryl methyl sites for hydroxylation is 2. The van der Waals surface area contributed by atoms with Gasteiger partial charge in [-0.1, -0.05) is 35.9 Å². The first kappa shape index (κ1) is 34.1. The highest BCUT2D eigenvalue weighted by Crippen LogP contribution is 2.27. The van der Waals surface area contributed by atoms with Gasteiger partial charge in [0, 0.05) is 19.5 Å². The molecule has 0 aliphatic rings. The largest absolute Gasteiger partial charge is 0.508 e. The Bertz CT molecular complexity index is 1220. The van der Waals surface area contributed by atoms with Crippen LogP contribution in [0.2, 0.25) is 0 Å². The van der Waals surface area contributed by atoms with Crippen molar-refractivity contribution in [2.75, 3.05) is 26.3 Å². The summed E-state index contributed by atoms with van der Waals surface area (Å²) in [5.41, 5.74) is 2.02. The third-order valence-electron chi connectivity index (χ3n) is 6.20. The number of hydrogen-bond acceptors (Lipinski definition) is 8. The molecule has 11 heteroatoms. The van der Waals surface area contributed by atoms with E-state index in [1.165, 1.54) is 17.0 Å². The molecule has 0 bridgehead atoms. The maximum Gasteiger partial charge on any atom is 0.408 e. The fourth-order valence-electron chi connectivity index (χ4n) is 4.39. The topological polar surface area (TPSA) is 154 Å². The number of aliphatic hydroxyl groups excluding tert-OH is 1. The van der Waals surface area contributed by atoms with Gasteiger partial charge in [-0.2, -0.15) is 0 Å². The van der Waals surface area contributed by atoms with Gasteiger partial charge < -0.3 is 35.2 Å². The van der Waals surface area contributed by atoms with Crippen LogP contribution in [0, 0.1) is 13.8 Å². The SMILES string of the molecule is CCOC(=O)CCNC(=O)C(c1ccc(C)cc1C)N(CCO)C(=O)C(Cc1ccc(O)cc1)NC(=O)OC(C)(C)C. The summed E-state index contributed by atoms with van der Waals surface area (Å²) in [4.78, 5) is 53.8. The zero-order valence-corrected chi connectivity index (χ0v) is 25.2. The van der Waals surface area contributed by atoms with Crippen LogP contribution in [0.3, 0.4) is 0 Å². The number of rotatable bonds is 13. The molecule has 0 fully saturated rings. The zero-order chi connectivity index (χ0) is 31.4. The van der Waals surface area contributed by atoms with Gasteiger partial charge in [-0.25, -0.2) is 4.79 Å². The van der Waals surface area contributed by atoms with Crippen molar-refractivity contribution < 1.29 is 38.9 Å². The van der Waals surface area contributed by atoms with E-state index in [0.29, 0.717) is 11.1 Å². The summed E-state index contributed by atoms with van der Waals surface area (Å²) in [5, 5.41) is 25.0. The molecule has 0 saturated carbocycles. The molecule has 2 aromatic carbocycles. The molecular weight excluding hydrogens is 542 g/mol. The van der Waals surface area contributed by atoms with Crippen LogP contribution in [0.1, 0.15) is 62.4 Å². The average molecular weight is 586 g/mol. The van der Waals surface area contributed by atoms with Gasteiger partial charge in [-0.15, -0.1) is 0 Å². The predicted molar refractivity (Wildman–Crippen MR) is 157 cm³/mol. The van der Waals surface area contributed by atoms with Crippen molar-refractivity contribution in [1.29, 1.82) is 0 Å². The molecule has 11 nitrogen and oxygen atoms in total. The van der Waals surface area contributed by atoms with Crippen molar-refractivity contribution in [3.05, 3.63) is 64.7 Å². The van der Waals surface area contributed by atoms with E-state index in [2.05, 4.69) is 10.6 Å². The molecule has 230 valence electrons. The van der Waals surface area contributed by atoms with E-state index in [9.17, 15) is 29.4 Å². The number of benzene rings is 2. The lowest BCUT2D eigenvalue weighted by atomic mass is 9.95. The minimum atomic E-state index is -1.19. The van der Waals surface area contributed by atoms with Crippen LogP contribution in [0.15, 0.2) is 42.5 Å². The molecule has 0 aromatic heterocycles. The number of aromatic hydroxyl groups is 1. The Labute approximate surface area is 247 Å². The molecule has 0 aliphatic carbocycles. The quantitative estimate of drug-likeness (QED) is 0.262. The highest BCUT2D eigenvalue weighted by molar-refractivity contribution is 5.92. The molecule has 42 heavy (non-hydrogen) atoms. The number of phenolic OH excluding ortho intramolecular Hbond substituents is 1. The lowest BCUT2D eigenvalue weighted by molar-refractivity contribution is -0.144. The molecule has 2 rings (SSSR count). The number of phenols is 1. The minimum absolute atomic E-state index is 0.0182. The number of carbonyl (C=O) groups is 4. The minimum Gasteiger partial charge on any atom is -0.508 e. The van der Waals surface area contributed by atoms with E-state index in [0.717, 1.165) is 11.1 Å². The second kappa shape index (κ2) is 15.8. The number of alkyl carbamates (subject to hydrolysis) is 1. The summed E-state index contributed by atoms with van der Waals surface area (Å²) in [7, 11) is 0. The summed E-state index contributed by atoms with van der Waals surface area (Å²) in [6.07, 6.45) is -0.869. The molecule has 0 aliphatic heterocycles. The van der Waals surface area contributed by atoms with E-state index in [4.69, 9.17) is 9.47 Å². The van der Waals surface area contributed by atoms with Crippen LogP contribution < -0.4 is 10.6 Å². The molecule has 4 N–H and O–H groups in total. The van der Waals surface area contributed by atoms with Gasteiger partial charge in [-0.3, -0.25) is 14.4 Å². The van der Waals surface area contributed by atoms with Crippen LogP contribution in [0.25, 0.3) is 0 Å². The molecule has 2 unspecified atom stereocenters. The van der Waals surface area contributed by atoms with E-state index in [1.807, 2.05) is 26.0 Å². The molecule has 0 spiro atoms. The van der Waals surface area contributed by atoms with E-state index < -0.39 is 48.2 Å². The molecule has 3 amide bonds. The van der Waals surface area contributed by atoms with Crippen molar-refractivity contribution in [2.24, 2.45) is 0 Å². The number of aliphatic hydroxyl groups is 1. The number of nitrogens with zero attached hydrogens (tertiary/aromatic N) is 1. The van der Waals surface area contributed by atoms with Crippen LogP contribution in [0.5, 0.6) is 5.75 Å². The number of amides is 3. The van der Waals surface area contributed by atoms with Crippen LogP contribution in [0.4, 0.5) is 4.79 Å². The third kappa shape index (κ3) is 10.7. The summed E-state index contributed by atoms with van der Waals surface area (Å²) < 4.78 is 10.3. The highest BCUT2D eigenvalue weighted by Gasteiger charge is 2.37. The molecule has 0 radical (unpaired) electrons. The first-order valence-electron chi connectivity index (χ1n) is 13.9. The maximum atomic E-state index is 14.2. The smallest absolute Gasteiger partial charge is 0.408 e. The molecule has 2 atom stereocenters. The fraction of sp³-hybridized carbons (Fsp3) is 0.484. The van der Waals surface area contributed by atoms with Crippen molar-refractivity contribution in [2.45, 2.75) is 72.1 Å². The van der Waals surface area contributed by atoms with Crippen molar-refractivity contribution in [3.63, 3.8) is 0 Å². The zero-order valence-electron chi connectivity index (χ0n) is 25.2. The van der Waals surface area contributed by atoms with Gasteiger partial charge in [0.1, 0.15) is 23.4 Å². The molecular formula is C31H43N3O8. The Morgan fingerprint density at radius 3 is 2.26 bits per heavy atom. The van der Waals surface area contributed by atoms with Crippen LogP contribution in [-0.4, -0.2) is 76.9 Å². The number of carbonyl (C=O) groups excluding carboxylic acids is 4. The van der Waals surface area contributed by atoms with Gasteiger partial charge in [0.2, 0.25) is 11.8 Å². The standard InChI is InChI=1S/C31H43N3O8/c1-7-41-26(37)14-15-32-28(38)27(24-13-8-20(2)18-21(24)3)34(16-17-35)29(39)25(33-30(40)42-31(4,5)6)19-22-9-11-23(36)12-10-22/h8-13,18,25,27,35-36H,7,14-17,19H2,1-6H3,(H,32,38)(H,33,40). The second-order valence-electron chi connectivity index (χ2n) is 10.9. The molecule has 0 saturated heterocycles.